The molecule has 6 nitrogen and oxygen atoms in total. The Hall–Kier alpha value is -3.42. The van der Waals surface area contributed by atoms with Gasteiger partial charge in [0, 0.05) is 45.7 Å². The van der Waals surface area contributed by atoms with E-state index in [2.05, 4.69) is 15.2 Å². The molecule has 0 radical (unpaired) electrons. The molecule has 0 saturated carbocycles. The monoisotopic (exact) mass is 493 g/mol. The maximum absolute atomic E-state index is 12.5. The Morgan fingerprint density at radius 1 is 1.00 bits per heavy atom. The zero-order chi connectivity index (χ0) is 23.9. The number of amides is 2. The van der Waals surface area contributed by atoms with Crippen molar-refractivity contribution in [1.82, 2.24) is 9.88 Å². The fourth-order valence-corrected chi connectivity index (χ4v) is 4.60. The van der Waals surface area contributed by atoms with Gasteiger partial charge < -0.3 is 19.9 Å². The van der Waals surface area contributed by atoms with Gasteiger partial charge in [-0.1, -0.05) is 41.9 Å². The van der Waals surface area contributed by atoms with Crippen molar-refractivity contribution < 1.29 is 14.3 Å². The molecule has 34 heavy (non-hydrogen) atoms. The van der Waals surface area contributed by atoms with Crippen LogP contribution in [0, 0.1) is 0 Å². The molecule has 2 N–H and O–H groups in total. The molecule has 8 heteroatoms. The number of aromatic nitrogens is 1. The van der Waals surface area contributed by atoms with Gasteiger partial charge in [-0.3, -0.25) is 9.59 Å². The van der Waals surface area contributed by atoms with Gasteiger partial charge in [-0.25, -0.2) is 0 Å². The van der Waals surface area contributed by atoms with Crippen molar-refractivity contribution in [2.24, 2.45) is 0 Å². The van der Waals surface area contributed by atoms with Crippen LogP contribution in [0.25, 0.3) is 10.9 Å². The lowest BCUT2D eigenvalue weighted by Gasteiger charge is -2.09. The molecule has 2 amide bonds. The minimum absolute atomic E-state index is 0.110. The Kier molecular flexibility index (Phi) is 7.77. The zero-order valence-electron chi connectivity index (χ0n) is 18.6. The minimum Gasteiger partial charge on any atom is -0.495 e. The van der Waals surface area contributed by atoms with Gasteiger partial charge >= 0.3 is 0 Å². The number of benzene rings is 3. The lowest BCUT2D eigenvalue weighted by Crippen LogP contribution is -2.27. The van der Waals surface area contributed by atoms with E-state index >= 15 is 0 Å². The summed E-state index contributed by atoms with van der Waals surface area (Å²) in [5, 5.41) is 7.51. The number of hydrogen-bond donors (Lipinski definition) is 2. The molecule has 0 atom stereocenters. The lowest BCUT2D eigenvalue weighted by molar-refractivity contribution is -0.113. The second kappa shape index (κ2) is 11.1. The molecular formula is C26H24ClN3O3S. The molecule has 0 bridgehead atoms. The number of fused-ring (bicyclic) bond motifs is 1. The summed E-state index contributed by atoms with van der Waals surface area (Å²) in [7, 11) is 1.58. The lowest BCUT2D eigenvalue weighted by atomic mass is 10.2. The van der Waals surface area contributed by atoms with E-state index in [4.69, 9.17) is 16.3 Å². The molecule has 4 rings (SSSR count). The molecule has 0 aliphatic rings. The Labute approximate surface area is 207 Å². The zero-order valence-corrected chi connectivity index (χ0v) is 20.2. The number of nitrogens with zero attached hydrogens (tertiary/aromatic N) is 1. The van der Waals surface area contributed by atoms with Crippen molar-refractivity contribution in [2.45, 2.75) is 11.4 Å². The Morgan fingerprint density at radius 2 is 1.74 bits per heavy atom. The number of rotatable bonds is 9. The maximum atomic E-state index is 12.5. The average Bonchev–Trinajstić information content (AvgIpc) is 3.21. The smallest absolute Gasteiger partial charge is 0.251 e. The molecule has 4 aromatic rings. The first-order chi connectivity index (χ1) is 16.5. The van der Waals surface area contributed by atoms with Crippen molar-refractivity contribution >= 4 is 51.8 Å². The summed E-state index contributed by atoms with van der Waals surface area (Å²) < 4.78 is 7.39. The fraction of sp³-hybridized carbons (Fsp3) is 0.154. The Balaban J connectivity index is 1.39. The van der Waals surface area contributed by atoms with Gasteiger partial charge in [0.25, 0.3) is 5.91 Å². The Morgan fingerprint density at radius 3 is 2.53 bits per heavy atom. The minimum atomic E-state index is -0.143. The largest absolute Gasteiger partial charge is 0.495 e. The highest BCUT2D eigenvalue weighted by molar-refractivity contribution is 8.00. The van der Waals surface area contributed by atoms with Crippen LogP contribution in [0.5, 0.6) is 5.75 Å². The van der Waals surface area contributed by atoms with Gasteiger partial charge in [0.1, 0.15) is 5.75 Å². The number of carbonyl (C=O) groups is 2. The van der Waals surface area contributed by atoms with Gasteiger partial charge in [0.15, 0.2) is 0 Å². The summed E-state index contributed by atoms with van der Waals surface area (Å²) in [6.07, 6.45) is 2.03. The summed E-state index contributed by atoms with van der Waals surface area (Å²) in [5.41, 5.74) is 2.27. The second-order valence-corrected chi connectivity index (χ2v) is 8.96. The third kappa shape index (κ3) is 5.73. The number of hydrogen-bond acceptors (Lipinski definition) is 4. The number of thioether (sulfide) groups is 1. The maximum Gasteiger partial charge on any atom is 0.251 e. The highest BCUT2D eigenvalue weighted by Crippen LogP contribution is 2.30. The van der Waals surface area contributed by atoms with Gasteiger partial charge in [-0.05, 0) is 42.5 Å². The number of ether oxygens (including phenoxy) is 1. The second-order valence-electron chi connectivity index (χ2n) is 7.50. The summed E-state index contributed by atoms with van der Waals surface area (Å²) in [4.78, 5) is 25.9. The van der Waals surface area contributed by atoms with Crippen molar-refractivity contribution in [3.63, 3.8) is 0 Å². The highest BCUT2D eigenvalue weighted by Gasteiger charge is 2.13. The summed E-state index contributed by atoms with van der Waals surface area (Å²) in [5.74, 6) is 0.634. The SMILES string of the molecule is COc1ccccc1NC(=O)CSc1cn(CCNC(=O)c2ccc(Cl)cc2)c2ccccc12. The first-order valence-corrected chi connectivity index (χ1v) is 12.1. The molecule has 3 aromatic carbocycles. The number of anilines is 1. The van der Waals surface area contributed by atoms with Crippen molar-refractivity contribution in [3.8, 4) is 5.75 Å². The van der Waals surface area contributed by atoms with Crippen LogP contribution >= 0.6 is 23.4 Å². The van der Waals surface area contributed by atoms with E-state index in [9.17, 15) is 9.59 Å². The van der Waals surface area contributed by atoms with E-state index in [1.165, 1.54) is 11.8 Å². The number of halogens is 1. The third-order valence-corrected chi connectivity index (χ3v) is 6.53. The Bertz CT molecular complexity index is 1300. The van der Waals surface area contributed by atoms with Crippen LogP contribution in [-0.4, -0.2) is 35.8 Å². The average molecular weight is 494 g/mol. The van der Waals surface area contributed by atoms with E-state index in [1.54, 1.807) is 31.4 Å². The summed E-state index contributed by atoms with van der Waals surface area (Å²) >= 11 is 7.37. The van der Waals surface area contributed by atoms with Crippen LogP contribution in [0.3, 0.4) is 0 Å². The predicted octanol–water partition coefficient (Wildman–Crippen LogP) is 5.46. The van der Waals surface area contributed by atoms with E-state index in [0.717, 1.165) is 15.8 Å². The molecule has 1 aromatic heterocycles. The molecule has 0 spiro atoms. The van der Waals surface area contributed by atoms with E-state index in [1.807, 2.05) is 54.7 Å². The molecule has 0 unspecified atom stereocenters. The number of methoxy groups -OCH3 is 1. The van der Waals surface area contributed by atoms with E-state index < -0.39 is 0 Å². The summed E-state index contributed by atoms with van der Waals surface area (Å²) in [6, 6.07) is 22.2. The normalized spacial score (nSPS) is 10.8. The highest BCUT2D eigenvalue weighted by atomic mass is 35.5. The van der Waals surface area contributed by atoms with E-state index in [-0.39, 0.29) is 17.6 Å². The summed E-state index contributed by atoms with van der Waals surface area (Å²) in [6.45, 7) is 1.08. The molecule has 1 heterocycles. The number of nitrogens with one attached hydrogen (secondary N) is 2. The van der Waals surface area contributed by atoms with Crippen molar-refractivity contribution in [1.29, 1.82) is 0 Å². The van der Waals surface area contributed by atoms with E-state index in [0.29, 0.717) is 35.1 Å². The van der Waals surface area contributed by atoms with Gasteiger partial charge in [0.05, 0.1) is 18.6 Å². The quantitative estimate of drug-likeness (QED) is 0.303. The van der Waals surface area contributed by atoms with Crippen LogP contribution in [-0.2, 0) is 11.3 Å². The van der Waals surface area contributed by atoms with Gasteiger partial charge in [0.2, 0.25) is 5.91 Å². The number of carbonyl (C=O) groups excluding carboxylic acids is 2. The molecule has 0 saturated heterocycles. The molecular weight excluding hydrogens is 470 g/mol. The van der Waals surface area contributed by atoms with Gasteiger partial charge in [-0.2, -0.15) is 0 Å². The number of para-hydroxylation sites is 3. The molecule has 174 valence electrons. The predicted molar refractivity (Wildman–Crippen MR) is 138 cm³/mol. The van der Waals surface area contributed by atoms with Crippen molar-refractivity contribution in [3.05, 3.63) is 89.6 Å². The van der Waals surface area contributed by atoms with Crippen LogP contribution in [0.4, 0.5) is 5.69 Å². The first-order valence-electron chi connectivity index (χ1n) is 10.7. The standard InChI is InChI=1S/C26H24ClN3O3S/c1-33-23-9-5-3-7-21(23)29-25(31)17-34-24-16-30(22-8-4-2-6-20(22)24)15-14-28-26(32)18-10-12-19(27)13-11-18/h2-13,16H,14-15,17H2,1H3,(H,28,32)(H,29,31). The third-order valence-electron chi connectivity index (χ3n) is 5.24. The van der Waals surface area contributed by atoms with Crippen LogP contribution in [0.1, 0.15) is 10.4 Å². The van der Waals surface area contributed by atoms with Crippen LogP contribution < -0.4 is 15.4 Å². The topological polar surface area (TPSA) is 72.4 Å². The fourth-order valence-electron chi connectivity index (χ4n) is 3.58. The van der Waals surface area contributed by atoms with Crippen LogP contribution in [0.2, 0.25) is 5.02 Å². The molecule has 0 aliphatic carbocycles. The van der Waals surface area contributed by atoms with Crippen molar-refractivity contribution in [2.75, 3.05) is 24.7 Å². The van der Waals surface area contributed by atoms with Gasteiger partial charge in [-0.15, -0.1) is 11.8 Å². The molecule has 0 aliphatic heterocycles. The first kappa shape index (κ1) is 23.7. The molecule has 0 fully saturated rings. The van der Waals surface area contributed by atoms with Crippen LogP contribution in [0.15, 0.2) is 83.9 Å².